The second-order valence-electron chi connectivity index (χ2n) is 12.3. The van der Waals surface area contributed by atoms with Crippen LogP contribution in [0.4, 0.5) is 32.0 Å². The zero-order valence-electron chi connectivity index (χ0n) is 28.6. The summed E-state index contributed by atoms with van der Waals surface area (Å²) in [5.41, 5.74) is -3.16. The number of benzene rings is 3. The monoisotopic (exact) mass is 810 g/mol. The molecule has 3 aromatic carbocycles. The summed E-state index contributed by atoms with van der Waals surface area (Å²) in [6.45, 7) is 1.55. The van der Waals surface area contributed by atoms with Gasteiger partial charge >= 0.3 is 18.3 Å². The van der Waals surface area contributed by atoms with Crippen LogP contribution in [-0.4, -0.2) is 105 Å². The van der Waals surface area contributed by atoms with Crippen molar-refractivity contribution in [1.82, 2.24) is 14.7 Å². The fraction of sp³-hybridized carbons (Fsp3) is 0.306. The van der Waals surface area contributed by atoms with Gasteiger partial charge in [-0.1, -0.05) is 30.0 Å². The number of aliphatic hydroxyl groups excluding tert-OH is 1. The van der Waals surface area contributed by atoms with E-state index in [9.17, 15) is 50.6 Å². The van der Waals surface area contributed by atoms with Crippen LogP contribution < -0.4 is 10.1 Å². The van der Waals surface area contributed by atoms with Crippen molar-refractivity contribution >= 4 is 63.8 Å². The first-order valence-corrected chi connectivity index (χ1v) is 17.7. The van der Waals surface area contributed by atoms with Crippen LogP contribution in [0.15, 0.2) is 65.6 Å². The summed E-state index contributed by atoms with van der Waals surface area (Å²) >= 11 is 6.22. The van der Waals surface area contributed by atoms with E-state index >= 15 is 0 Å². The summed E-state index contributed by atoms with van der Waals surface area (Å²) in [5.74, 6) is -2.69. The number of carboxylic acid groups (broad SMARTS) is 1. The van der Waals surface area contributed by atoms with Crippen LogP contribution >= 0.6 is 24.0 Å². The molecule has 0 saturated carbocycles. The lowest BCUT2D eigenvalue weighted by Gasteiger charge is -2.34. The van der Waals surface area contributed by atoms with Gasteiger partial charge in [0.25, 0.3) is 11.8 Å². The van der Waals surface area contributed by atoms with Gasteiger partial charge in [0, 0.05) is 56.9 Å². The van der Waals surface area contributed by atoms with Gasteiger partial charge < -0.3 is 25.2 Å². The molecule has 11 nitrogen and oxygen atoms in total. The zero-order chi connectivity index (χ0) is 40.1. The Balaban J connectivity index is 1.40. The maximum atomic E-state index is 13.7. The number of hydrogen-bond donors (Lipinski definition) is 3. The molecule has 0 aliphatic carbocycles. The number of halogens is 6. The molecule has 2 heterocycles. The van der Waals surface area contributed by atoms with E-state index in [4.69, 9.17) is 22.1 Å². The molecular weight excluding hydrogens is 779 g/mol. The Kier molecular flexibility index (Phi) is 12.9. The molecule has 3 N–H and O–H groups in total. The number of alkyl halides is 6. The standard InChI is InChI=1S/C36H32F6N4O7S2/c37-35(38,39)25-16-23(17-26(19-25)36(40,41)42)22-3-6-28(53-20-31(49)45-11-9-44(10-12-45)13-14-47)24(15-22)18-29-32(50)46(34(54)55-29)8-7-30(48)43-27-4-1-21(2-5-27)33(51)52/h1-6,15-19,47H,7-14,20H2,(H,43,48)(H,51,52)/b29-18-. The molecule has 292 valence electrons. The summed E-state index contributed by atoms with van der Waals surface area (Å²) in [4.78, 5) is 54.9. The highest BCUT2D eigenvalue weighted by Gasteiger charge is 2.37. The number of aromatic carboxylic acids is 1. The van der Waals surface area contributed by atoms with Crippen LogP contribution in [0, 0.1) is 0 Å². The summed E-state index contributed by atoms with van der Waals surface area (Å²) < 4.78 is 88.0. The van der Waals surface area contributed by atoms with Crippen molar-refractivity contribution in [3.63, 3.8) is 0 Å². The van der Waals surface area contributed by atoms with E-state index in [-0.39, 0.29) is 57.3 Å². The van der Waals surface area contributed by atoms with Crippen LogP contribution in [0.1, 0.15) is 33.5 Å². The highest BCUT2D eigenvalue weighted by atomic mass is 32.2. The molecule has 0 unspecified atom stereocenters. The predicted molar refractivity (Wildman–Crippen MR) is 194 cm³/mol. The first-order chi connectivity index (χ1) is 25.9. The normalized spacial score (nSPS) is 16.2. The van der Waals surface area contributed by atoms with E-state index in [1.54, 1.807) is 4.90 Å². The summed E-state index contributed by atoms with van der Waals surface area (Å²) in [6.07, 6.45) is -9.11. The largest absolute Gasteiger partial charge is 0.483 e. The summed E-state index contributed by atoms with van der Waals surface area (Å²) in [7, 11) is 0. The lowest BCUT2D eigenvalue weighted by atomic mass is 9.97. The van der Waals surface area contributed by atoms with E-state index in [0.29, 0.717) is 50.5 Å². The average molecular weight is 811 g/mol. The molecule has 5 rings (SSSR count). The molecule has 0 aromatic heterocycles. The molecule has 3 aromatic rings. The average Bonchev–Trinajstić information content (AvgIpc) is 3.40. The van der Waals surface area contributed by atoms with Gasteiger partial charge in [-0.3, -0.25) is 24.2 Å². The van der Waals surface area contributed by atoms with Crippen molar-refractivity contribution in [2.24, 2.45) is 0 Å². The molecule has 0 spiro atoms. The molecule has 0 atom stereocenters. The quantitative estimate of drug-likeness (QED) is 0.116. The predicted octanol–water partition coefficient (Wildman–Crippen LogP) is 5.83. The van der Waals surface area contributed by atoms with Crippen molar-refractivity contribution in [3.05, 3.63) is 87.8 Å². The molecule has 0 radical (unpaired) electrons. The highest BCUT2D eigenvalue weighted by molar-refractivity contribution is 8.26. The minimum absolute atomic E-state index is 0.00222. The number of carbonyl (C=O) groups excluding carboxylic acids is 3. The van der Waals surface area contributed by atoms with Crippen molar-refractivity contribution < 1.29 is 60.5 Å². The van der Waals surface area contributed by atoms with Crippen molar-refractivity contribution in [2.75, 3.05) is 57.8 Å². The third-order valence-electron chi connectivity index (χ3n) is 8.56. The van der Waals surface area contributed by atoms with E-state index in [0.717, 1.165) is 16.7 Å². The minimum atomic E-state index is -5.10. The Bertz CT molecular complexity index is 1970. The van der Waals surface area contributed by atoms with Gasteiger partial charge in [-0.2, -0.15) is 26.3 Å². The first kappa shape index (κ1) is 41.2. The van der Waals surface area contributed by atoms with Gasteiger partial charge in [-0.15, -0.1) is 0 Å². The number of thiocarbonyl (C=S) groups is 1. The molecular formula is C36H32F6N4O7S2. The zero-order valence-corrected chi connectivity index (χ0v) is 30.2. The van der Waals surface area contributed by atoms with Gasteiger partial charge in [0.1, 0.15) is 10.1 Å². The SMILES string of the molecule is O=C(CCN1C(=O)/C(=C/c2cc(-c3cc(C(F)(F)F)cc(C(F)(F)F)c3)ccc2OCC(=O)N2CCN(CCO)CC2)SC1=S)Nc1ccc(C(=O)O)cc1. The van der Waals surface area contributed by atoms with Crippen molar-refractivity contribution in [1.29, 1.82) is 0 Å². The maximum absolute atomic E-state index is 13.7. The number of aliphatic hydroxyl groups is 1. The Morgan fingerprint density at radius 1 is 0.873 bits per heavy atom. The van der Waals surface area contributed by atoms with E-state index in [1.165, 1.54) is 48.5 Å². The number of amides is 3. The van der Waals surface area contributed by atoms with Gasteiger partial charge in [-0.25, -0.2) is 4.79 Å². The molecule has 3 amide bonds. The first-order valence-electron chi connectivity index (χ1n) is 16.5. The second-order valence-corrected chi connectivity index (χ2v) is 14.0. The number of rotatable bonds is 12. The summed E-state index contributed by atoms with van der Waals surface area (Å²) in [5, 5.41) is 20.8. The number of hydrogen-bond acceptors (Lipinski definition) is 9. The molecule has 2 fully saturated rings. The topological polar surface area (TPSA) is 140 Å². The Morgan fingerprint density at radius 3 is 2.09 bits per heavy atom. The number of carboxylic acids is 1. The third kappa shape index (κ3) is 10.6. The Hall–Kier alpha value is -4.98. The van der Waals surface area contributed by atoms with Gasteiger partial charge in [0.05, 0.1) is 28.2 Å². The van der Waals surface area contributed by atoms with Gasteiger partial charge in [-0.05, 0) is 71.8 Å². The minimum Gasteiger partial charge on any atom is -0.483 e. The van der Waals surface area contributed by atoms with Crippen LogP contribution in [0.25, 0.3) is 17.2 Å². The van der Waals surface area contributed by atoms with E-state index in [1.807, 2.05) is 4.90 Å². The van der Waals surface area contributed by atoms with Crippen LogP contribution in [0.3, 0.4) is 0 Å². The number of piperazine rings is 1. The van der Waals surface area contributed by atoms with E-state index < -0.39 is 59.3 Å². The van der Waals surface area contributed by atoms with E-state index in [2.05, 4.69) is 5.32 Å². The molecule has 0 bridgehead atoms. The van der Waals surface area contributed by atoms with Crippen molar-refractivity contribution in [2.45, 2.75) is 18.8 Å². The number of carbonyl (C=O) groups is 4. The summed E-state index contributed by atoms with van der Waals surface area (Å²) in [6, 6.07) is 10.3. The smallest absolute Gasteiger partial charge is 0.416 e. The molecule has 2 aliphatic rings. The molecule has 19 heteroatoms. The maximum Gasteiger partial charge on any atom is 0.416 e. The molecule has 2 saturated heterocycles. The van der Waals surface area contributed by atoms with Crippen LogP contribution in [0.5, 0.6) is 5.75 Å². The number of nitrogens with zero attached hydrogens (tertiary/aromatic N) is 3. The van der Waals surface area contributed by atoms with Crippen LogP contribution in [0.2, 0.25) is 0 Å². The third-order valence-corrected chi connectivity index (χ3v) is 9.94. The fourth-order valence-corrected chi connectivity index (χ4v) is 6.95. The highest BCUT2D eigenvalue weighted by Crippen LogP contribution is 2.40. The lowest BCUT2D eigenvalue weighted by molar-refractivity contribution is -0.143. The second kappa shape index (κ2) is 17.2. The number of ether oxygens (including phenoxy) is 1. The Labute approximate surface area is 319 Å². The number of anilines is 1. The number of thioether (sulfide) groups is 1. The van der Waals surface area contributed by atoms with Gasteiger partial charge in [0.15, 0.2) is 6.61 Å². The number of nitrogens with one attached hydrogen (secondary N) is 1. The van der Waals surface area contributed by atoms with Crippen molar-refractivity contribution in [3.8, 4) is 16.9 Å². The van der Waals surface area contributed by atoms with Crippen LogP contribution in [-0.2, 0) is 26.7 Å². The lowest BCUT2D eigenvalue weighted by Crippen LogP contribution is -2.50. The molecule has 2 aliphatic heterocycles. The fourth-order valence-electron chi connectivity index (χ4n) is 5.65. The Morgan fingerprint density at radius 2 is 1.51 bits per heavy atom. The number of β-amino-alcohol motifs (C(OH)–C–C–N with tert-alkyl or cyclic N) is 1. The van der Waals surface area contributed by atoms with Gasteiger partial charge in [0.2, 0.25) is 5.91 Å². The molecule has 55 heavy (non-hydrogen) atoms.